The lowest BCUT2D eigenvalue weighted by molar-refractivity contribution is 0.590. The Morgan fingerprint density at radius 3 is 2.15 bits per heavy atom. The van der Waals surface area contributed by atoms with Gasteiger partial charge in [0.05, 0.1) is 10.6 Å². The summed E-state index contributed by atoms with van der Waals surface area (Å²) in [6.45, 7) is 2.38. The van der Waals surface area contributed by atoms with Crippen molar-refractivity contribution in [3.63, 3.8) is 0 Å². The van der Waals surface area contributed by atoms with E-state index in [4.69, 9.17) is 5.73 Å². The van der Waals surface area contributed by atoms with Crippen LogP contribution in [0, 0.1) is 0 Å². The summed E-state index contributed by atoms with van der Waals surface area (Å²) in [6.07, 6.45) is 0.733. The molecule has 20 heavy (non-hydrogen) atoms. The number of nitrogens with two attached hydrogens (primary N) is 1. The molecule has 0 amide bonds. The van der Waals surface area contributed by atoms with Crippen molar-refractivity contribution >= 4 is 21.4 Å². The molecule has 4 nitrogen and oxygen atoms in total. The highest BCUT2D eigenvalue weighted by Crippen LogP contribution is 2.24. The van der Waals surface area contributed by atoms with Crippen LogP contribution in [0.4, 0.5) is 11.4 Å². The molecule has 0 aliphatic carbocycles. The number of nitrogens with zero attached hydrogens (tertiary/aromatic N) is 1. The summed E-state index contributed by atoms with van der Waals surface area (Å²) in [5.41, 5.74) is 6.90. The molecule has 0 saturated heterocycles. The number of hydrogen-bond donors (Lipinski definition) is 1. The van der Waals surface area contributed by atoms with Gasteiger partial charge >= 0.3 is 0 Å². The number of rotatable bonds is 5. The average Bonchev–Trinajstić information content (AvgIpc) is 2.47. The lowest BCUT2D eigenvalue weighted by Gasteiger charge is -2.24. The van der Waals surface area contributed by atoms with Crippen LogP contribution in [0.5, 0.6) is 0 Å². The predicted molar refractivity (Wildman–Crippen MR) is 82.1 cm³/mol. The first-order chi connectivity index (χ1) is 9.55. The van der Waals surface area contributed by atoms with E-state index in [-0.39, 0.29) is 0 Å². The molecule has 0 aliphatic heterocycles. The second kappa shape index (κ2) is 5.96. The van der Waals surface area contributed by atoms with Crippen LogP contribution in [0.2, 0.25) is 0 Å². The topological polar surface area (TPSA) is 63.4 Å². The molecular formula is C15H18N2O2S. The molecule has 5 heteroatoms. The van der Waals surface area contributed by atoms with Gasteiger partial charge in [-0.2, -0.15) is 0 Å². The van der Waals surface area contributed by atoms with Gasteiger partial charge in [0, 0.05) is 12.2 Å². The molecule has 2 aromatic rings. The zero-order valence-corrected chi connectivity index (χ0v) is 12.2. The van der Waals surface area contributed by atoms with Gasteiger partial charge in [0.15, 0.2) is 0 Å². The van der Waals surface area contributed by atoms with Crippen LogP contribution in [0.25, 0.3) is 0 Å². The first-order valence-corrected chi connectivity index (χ1v) is 7.93. The number of nitrogen functional groups attached to an aromatic ring is 1. The lowest BCUT2D eigenvalue weighted by Crippen LogP contribution is -2.31. The molecule has 0 aromatic heterocycles. The van der Waals surface area contributed by atoms with Crippen LogP contribution in [0.15, 0.2) is 59.5 Å². The summed E-state index contributed by atoms with van der Waals surface area (Å²) in [5, 5.41) is 0. The molecule has 0 atom stereocenters. The van der Waals surface area contributed by atoms with Gasteiger partial charge < -0.3 is 5.73 Å². The maximum Gasteiger partial charge on any atom is 0.264 e. The second-order valence-electron chi connectivity index (χ2n) is 4.48. The summed E-state index contributed by atoms with van der Waals surface area (Å²) in [5.74, 6) is 0. The van der Waals surface area contributed by atoms with Crippen molar-refractivity contribution in [3.8, 4) is 0 Å². The van der Waals surface area contributed by atoms with E-state index in [0.717, 1.165) is 6.42 Å². The zero-order valence-electron chi connectivity index (χ0n) is 11.4. The third-order valence-electron chi connectivity index (χ3n) is 2.94. The van der Waals surface area contributed by atoms with E-state index in [1.54, 1.807) is 54.6 Å². The van der Waals surface area contributed by atoms with E-state index in [2.05, 4.69) is 0 Å². The van der Waals surface area contributed by atoms with Gasteiger partial charge in [-0.3, -0.25) is 4.31 Å². The normalized spacial score (nSPS) is 11.2. The maximum absolute atomic E-state index is 12.7. The molecule has 106 valence electrons. The number of benzene rings is 2. The van der Waals surface area contributed by atoms with Crippen LogP contribution in [-0.4, -0.2) is 15.0 Å². The zero-order chi connectivity index (χ0) is 14.6. The first kappa shape index (κ1) is 14.4. The quantitative estimate of drug-likeness (QED) is 0.861. The van der Waals surface area contributed by atoms with Gasteiger partial charge in [-0.05, 0) is 42.8 Å². The van der Waals surface area contributed by atoms with E-state index in [1.165, 1.54) is 4.31 Å². The van der Waals surface area contributed by atoms with Crippen LogP contribution in [0.3, 0.4) is 0 Å². The molecule has 2 aromatic carbocycles. The molecule has 0 aliphatic rings. The Bertz CT molecular complexity index is 652. The Morgan fingerprint density at radius 2 is 1.60 bits per heavy atom. The molecular weight excluding hydrogens is 272 g/mol. The molecule has 2 rings (SSSR count). The van der Waals surface area contributed by atoms with Crippen molar-refractivity contribution < 1.29 is 8.42 Å². The fourth-order valence-corrected chi connectivity index (χ4v) is 3.53. The van der Waals surface area contributed by atoms with E-state index in [0.29, 0.717) is 22.8 Å². The summed E-state index contributed by atoms with van der Waals surface area (Å²) < 4.78 is 26.8. The molecule has 2 N–H and O–H groups in total. The van der Waals surface area contributed by atoms with Crippen LogP contribution in [0.1, 0.15) is 13.3 Å². The fraction of sp³-hybridized carbons (Fsp3) is 0.200. The monoisotopic (exact) mass is 290 g/mol. The highest BCUT2D eigenvalue weighted by atomic mass is 32.2. The highest BCUT2D eigenvalue weighted by molar-refractivity contribution is 7.92. The predicted octanol–water partition coefficient (Wildman–Crippen LogP) is 2.87. The minimum Gasteiger partial charge on any atom is -0.399 e. The first-order valence-electron chi connectivity index (χ1n) is 6.49. The number of sulfonamides is 1. The van der Waals surface area contributed by atoms with Gasteiger partial charge in [-0.1, -0.05) is 25.1 Å². The fourth-order valence-electron chi connectivity index (χ4n) is 1.95. The van der Waals surface area contributed by atoms with Crippen molar-refractivity contribution in [2.24, 2.45) is 0 Å². The second-order valence-corrected chi connectivity index (χ2v) is 6.34. The minimum atomic E-state index is -3.54. The molecule has 0 radical (unpaired) electrons. The molecule has 0 fully saturated rings. The molecule has 0 saturated carbocycles. The Morgan fingerprint density at radius 1 is 1.00 bits per heavy atom. The third kappa shape index (κ3) is 2.93. The van der Waals surface area contributed by atoms with E-state index < -0.39 is 10.0 Å². The number of anilines is 2. The number of hydrogen-bond acceptors (Lipinski definition) is 3. The molecule has 0 bridgehead atoms. The smallest absolute Gasteiger partial charge is 0.264 e. The summed E-state index contributed by atoms with van der Waals surface area (Å²) in [4.78, 5) is 0.297. The largest absolute Gasteiger partial charge is 0.399 e. The Labute approximate surface area is 119 Å². The minimum absolute atomic E-state index is 0.297. The van der Waals surface area contributed by atoms with E-state index >= 15 is 0 Å². The highest BCUT2D eigenvalue weighted by Gasteiger charge is 2.23. The summed E-state index contributed by atoms with van der Waals surface area (Å²) >= 11 is 0. The van der Waals surface area contributed by atoms with Gasteiger partial charge in [0.1, 0.15) is 0 Å². The van der Waals surface area contributed by atoms with Crippen molar-refractivity contribution in [3.05, 3.63) is 54.6 Å². The van der Waals surface area contributed by atoms with Gasteiger partial charge in [0.25, 0.3) is 10.0 Å². The standard InChI is InChI=1S/C15H18N2O2S/c1-2-12-17(14-10-8-13(16)9-11-14)20(18,19)15-6-4-3-5-7-15/h3-11H,2,12,16H2,1H3. The lowest BCUT2D eigenvalue weighted by atomic mass is 10.3. The van der Waals surface area contributed by atoms with Gasteiger partial charge in [-0.25, -0.2) is 8.42 Å². The summed E-state index contributed by atoms with van der Waals surface area (Å²) in [6, 6.07) is 15.3. The van der Waals surface area contributed by atoms with Gasteiger partial charge in [0.2, 0.25) is 0 Å². The average molecular weight is 290 g/mol. The molecule has 0 unspecified atom stereocenters. The van der Waals surface area contributed by atoms with Crippen molar-refractivity contribution in [2.45, 2.75) is 18.2 Å². The van der Waals surface area contributed by atoms with Crippen LogP contribution < -0.4 is 10.0 Å². The van der Waals surface area contributed by atoms with Crippen molar-refractivity contribution in [2.75, 3.05) is 16.6 Å². The van der Waals surface area contributed by atoms with E-state index in [9.17, 15) is 8.42 Å². The van der Waals surface area contributed by atoms with Crippen molar-refractivity contribution in [1.82, 2.24) is 0 Å². The maximum atomic E-state index is 12.7. The third-order valence-corrected chi connectivity index (χ3v) is 4.78. The Balaban J connectivity index is 2.45. The van der Waals surface area contributed by atoms with Crippen LogP contribution in [-0.2, 0) is 10.0 Å². The SMILES string of the molecule is CCCN(c1ccc(N)cc1)S(=O)(=O)c1ccccc1. The Kier molecular flexibility index (Phi) is 4.29. The molecule has 0 heterocycles. The van der Waals surface area contributed by atoms with Crippen LogP contribution >= 0.6 is 0 Å². The molecule has 0 spiro atoms. The van der Waals surface area contributed by atoms with E-state index in [1.807, 2.05) is 6.92 Å². The Hall–Kier alpha value is -2.01. The van der Waals surface area contributed by atoms with Crippen molar-refractivity contribution in [1.29, 1.82) is 0 Å². The summed E-state index contributed by atoms with van der Waals surface area (Å²) in [7, 11) is -3.54. The van der Waals surface area contributed by atoms with Gasteiger partial charge in [-0.15, -0.1) is 0 Å².